The van der Waals surface area contributed by atoms with Crippen molar-refractivity contribution in [2.45, 2.75) is 6.92 Å². The first-order valence-electron chi connectivity index (χ1n) is 5.83. The molecule has 0 atom stereocenters. The number of aromatic nitrogens is 1. The SMILES string of the molecule is Cc1ccc(Nc2cnccc2P(C)C)c(F)c1F. The number of hydrogen-bond acceptors (Lipinski definition) is 2. The first kappa shape index (κ1) is 13.9. The maximum atomic E-state index is 13.8. The normalized spacial score (nSPS) is 10.8. The fourth-order valence-electron chi connectivity index (χ4n) is 1.76. The molecule has 19 heavy (non-hydrogen) atoms. The van der Waals surface area contributed by atoms with Crippen molar-refractivity contribution in [3.05, 3.63) is 47.8 Å². The van der Waals surface area contributed by atoms with Crippen molar-refractivity contribution in [3.63, 3.8) is 0 Å². The van der Waals surface area contributed by atoms with Crippen LogP contribution in [-0.4, -0.2) is 18.3 Å². The first-order chi connectivity index (χ1) is 9.00. The zero-order valence-corrected chi connectivity index (χ0v) is 11.9. The third-order valence-corrected chi connectivity index (χ3v) is 4.18. The number of halogens is 2. The van der Waals surface area contributed by atoms with Gasteiger partial charge in [-0.15, -0.1) is 0 Å². The number of anilines is 2. The Balaban J connectivity index is 2.40. The second-order valence-electron chi connectivity index (χ2n) is 4.47. The summed E-state index contributed by atoms with van der Waals surface area (Å²) in [6, 6.07) is 4.99. The number of nitrogens with zero attached hydrogens (tertiary/aromatic N) is 1. The lowest BCUT2D eigenvalue weighted by Gasteiger charge is -2.15. The van der Waals surface area contributed by atoms with Crippen LogP contribution in [0.4, 0.5) is 20.2 Å². The molecule has 1 aromatic carbocycles. The maximum Gasteiger partial charge on any atom is 0.182 e. The Hall–Kier alpha value is -1.54. The van der Waals surface area contributed by atoms with Gasteiger partial charge < -0.3 is 5.32 Å². The van der Waals surface area contributed by atoms with E-state index in [1.165, 1.54) is 13.0 Å². The molecule has 0 spiro atoms. The molecule has 100 valence electrons. The van der Waals surface area contributed by atoms with Gasteiger partial charge in [0.1, 0.15) is 0 Å². The Kier molecular flexibility index (Phi) is 4.11. The number of benzene rings is 1. The van der Waals surface area contributed by atoms with E-state index in [2.05, 4.69) is 23.6 Å². The molecule has 2 aromatic rings. The average Bonchev–Trinajstić information content (AvgIpc) is 2.40. The van der Waals surface area contributed by atoms with Gasteiger partial charge in [0.05, 0.1) is 17.6 Å². The Morgan fingerprint density at radius 1 is 1.05 bits per heavy atom. The van der Waals surface area contributed by atoms with E-state index in [0.717, 1.165) is 11.0 Å². The summed E-state index contributed by atoms with van der Waals surface area (Å²) < 4.78 is 27.4. The fourth-order valence-corrected chi connectivity index (χ4v) is 2.72. The lowest BCUT2D eigenvalue weighted by molar-refractivity contribution is 0.506. The Labute approximate surface area is 112 Å². The van der Waals surface area contributed by atoms with E-state index < -0.39 is 11.6 Å². The molecule has 5 heteroatoms. The van der Waals surface area contributed by atoms with Crippen LogP contribution in [0.2, 0.25) is 0 Å². The van der Waals surface area contributed by atoms with Crippen molar-refractivity contribution < 1.29 is 8.78 Å². The molecule has 0 aliphatic heterocycles. The molecule has 2 rings (SSSR count). The first-order valence-corrected chi connectivity index (χ1v) is 8.07. The van der Waals surface area contributed by atoms with Crippen molar-refractivity contribution in [2.75, 3.05) is 18.6 Å². The molecule has 1 aromatic heterocycles. The average molecular weight is 280 g/mol. The van der Waals surface area contributed by atoms with E-state index in [1.807, 2.05) is 6.07 Å². The molecule has 0 unspecified atom stereocenters. The van der Waals surface area contributed by atoms with Crippen LogP contribution in [0.3, 0.4) is 0 Å². The maximum absolute atomic E-state index is 13.8. The molecule has 2 nitrogen and oxygen atoms in total. The number of aryl methyl sites for hydroxylation is 1. The predicted molar refractivity (Wildman–Crippen MR) is 77.0 cm³/mol. The minimum absolute atomic E-state index is 0.134. The second-order valence-corrected chi connectivity index (χ2v) is 6.74. The second kappa shape index (κ2) is 5.62. The van der Waals surface area contributed by atoms with Gasteiger partial charge in [0.25, 0.3) is 0 Å². The van der Waals surface area contributed by atoms with Crippen LogP contribution in [0.5, 0.6) is 0 Å². The number of pyridine rings is 1. The standard InChI is InChI=1S/C14H15F2N2P/c1-9-4-5-10(14(16)13(9)15)18-11-8-17-7-6-12(11)19(2)3/h4-8,18H,1-3H3. The molecule has 0 saturated carbocycles. The monoisotopic (exact) mass is 280 g/mol. The van der Waals surface area contributed by atoms with Crippen molar-refractivity contribution in [3.8, 4) is 0 Å². The highest BCUT2D eigenvalue weighted by atomic mass is 31.1. The van der Waals surface area contributed by atoms with Crippen molar-refractivity contribution >= 4 is 24.6 Å². The Morgan fingerprint density at radius 2 is 1.79 bits per heavy atom. The van der Waals surface area contributed by atoms with Gasteiger partial charge in [-0.2, -0.15) is 0 Å². The van der Waals surface area contributed by atoms with E-state index in [9.17, 15) is 8.78 Å². The highest BCUT2D eigenvalue weighted by Crippen LogP contribution is 2.30. The Morgan fingerprint density at radius 3 is 2.47 bits per heavy atom. The molecule has 0 aliphatic rings. The molecule has 0 fully saturated rings. The lowest BCUT2D eigenvalue weighted by atomic mass is 10.2. The topological polar surface area (TPSA) is 24.9 Å². The van der Waals surface area contributed by atoms with Gasteiger partial charge in [0.2, 0.25) is 0 Å². The lowest BCUT2D eigenvalue weighted by Crippen LogP contribution is -2.09. The van der Waals surface area contributed by atoms with Gasteiger partial charge in [-0.25, -0.2) is 8.78 Å². The zero-order chi connectivity index (χ0) is 14.0. The van der Waals surface area contributed by atoms with E-state index in [4.69, 9.17) is 0 Å². The van der Waals surface area contributed by atoms with Crippen LogP contribution in [0, 0.1) is 18.6 Å². The summed E-state index contributed by atoms with van der Waals surface area (Å²) in [5.74, 6) is -1.67. The smallest absolute Gasteiger partial charge is 0.182 e. The minimum atomic E-state index is -0.855. The van der Waals surface area contributed by atoms with Crippen LogP contribution >= 0.6 is 7.92 Å². The van der Waals surface area contributed by atoms with Gasteiger partial charge in [-0.05, 0) is 37.9 Å². The van der Waals surface area contributed by atoms with Crippen LogP contribution < -0.4 is 10.6 Å². The summed E-state index contributed by atoms with van der Waals surface area (Å²) in [7, 11) is -0.355. The number of rotatable bonds is 3. The summed E-state index contributed by atoms with van der Waals surface area (Å²) in [4.78, 5) is 4.03. The number of hydrogen-bond donors (Lipinski definition) is 1. The highest BCUT2D eigenvalue weighted by Gasteiger charge is 2.13. The molecule has 1 heterocycles. The van der Waals surface area contributed by atoms with Gasteiger partial charge in [-0.3, -0.25) is 4.98 Å². The van der Waals surface area contributed by atoms with Gasteiger partial charge >= 0.3 is 0 Å². The quantitative estimate of drug-likeness (QED) is 0.865. The molecule has 0 bridgehead atoms. The van der Waals surface area contributed by atoms with Gasteiger partial charge in [0.15, 0.2) is 11.6 Å². The van der Waals surface area contributed by atoms with Crippen LogP contribution in [0.15, 0.2) is 30.6 Å². The van der Waals surface area contributed by atoms with Crippen molar-refractivity contribution in [1.29, 1.82) is 0 Å². The molecule has 0 radical (unpaired) electrons. The highest BCUT2D eigenvalue weighted by molar-refractivity contribution is 7.64. The van der Waals surface area contributed by atoms with Crippen LogP contribution in [0.1, 0.15) is 5.56 Å². The predicted octanol–water partition coefficient (Wildman–Crippen LogP) is 3.78. The largest absolute Gasteiger partial charge is 0.351 e. The third-order valence-electron chi connectivity index (χ3n) is 2.82. The van der Waals surface area contributed by atoms with E-state index >= 15 is 0 Å². The molecule has 0 aliphatic carbocycles. The van der Waals surface area contributed by atoms with Crippen LogP contribution in [-0.2, 0) is 0 Å². The molecule has 0 saturated heterocycles. The van der Waals surface area contributed by atoms with Gasteiger partial charge in [-0.1, -0.05) is 14.0 Å². The number of nitrogens with one attached hydrogen (secondary N) is 1. The Bertz CT molecular complexity index is 600. The van der Waals surface area contributed by atoms with Gasteiger partial charge in [0, 0.05) is 11.5 Å². The van der Waals surface area contributed by atoms with Crippen molar-refractivity contribution in [1.82, 2.24) is 4.98 Å². The van der Waals surface area contributed by atoms with E-state index in [-0.39, 0.29) is 13.6 Å². The van der Waals surface area contributed by atoms with Crippen LogP contribution in [0.25, 0.3) is 0 Å². The molecular weight excluding hydrogens is 265 g/mol. The van der Waals surface area contributed by atoms with E-state index in [0.29, 0.717) is 5.56 Å². The fraction of sp³-hybridized carbons (Fsp3) is 0.214. The summed E-state index contributed by atoms with van der Waals surface area (Å²) in [5, 5.41) is 4.00. The summed E-state index contributed by atoms with van der Waals surface area (Å²) >= 11 is 0. The summed E-state index contributed by atoms with van der Waals surface area (Å²) in [6.07, 6.45) is 3.34. The molecule has 0 amide bonds. The summed E-state index contributed by atoms with van der Waals surface area (Å²) in [6.45, 7) is 5.74. The van der Waals surface area contributed by atoms with Crippen molar-refractivity contribution in [2.24, 2.45) is 0 Å². The summed E-state index contributed by atoms with van der Waals surface area (Å²) in [5.41, 5.74) is 1.15. The molecular formula is C14H15F2N2P. The molecule has 1 N–H and O–H groups in total. The minimum Gasteiger partial charge on any atom is -0.351 e. The zero-order valence-electron chi connectivity index (χ0n) is 11.0. The third kappa shape index (κ3) is 2.90. The van der Waals surface area contributed by atoms with E-state index in [1.54, 1.807) is 18.5 Å².